The Hall–Kier alpha value is -2.18. The first kappa shape index (κ1) is 18.8. The van der Waals surface area contributed by atoms with E-state index in [-0.39, 0.29) is 5.69 Å². The number of aromatic nitrogens is 2. The number of benzene rings is 1. The van der Waals surface area contributed by atoms with Crippen molar-refractivity contribution >= 4 is 5.82 Å². The molecule has 2 unspecified atom stereocenters. The molecule has 0 bridgehead atoms. The van der Waals surface area contributed by atoms with Gasteiger partial charge in [-0.25, -0.2) is 4.79 Å². The van der Waals surface area contributed by atoms with E-state index in [1.54, 1.807) is 4.57 Å². The minimum Gasteiger partial charge on any atom is -0.356 e. The molecular formula is C23H31N5O. The minimum absolute atomic E-state index is 0.197. The largest absolute Gasteiger partial charge is 0.356 e. The van der Waals surface area contributed by atoms with Crippen molar-refractivity contribution < 1.29 is 0 Å². The van der Waals surface area contributed by atoms with E-state index in [1.807, 2.05) is 24.4 Å². The second-order valence-electron chi connectivity index (χ2n) is 9.07. The predicted molar refractivity (Wildman–Crippen MR) is 115 cm³/mol. The quantitative estimate of drug-likeness (QED) is 0.864. The molecule has 2 aliphatic heterocycles. The second kappa shape index (κ2) is 7.92. The van der Waals surface area contributed by atoms with Gasteiger partial charge in [-0.2, -0.15) is 4.98 Å². The number of fused-ring (bicyclic) bond motifs is 1. The third-order valence-corrected chi connectivity index (χ3v) is 7.09. The highest BCUT2D eigenvalue weighted by molar-refractivity contribution is 5.41. The Morgan fingerprint density at radius 1 is 0.966 bits per heavy atom. The number of piperidine rings is 1. The summed E-state index contributed by atoms with van der Waals surface area (Å²) in [7, 11) is 0. The van der Waals surface area contributed by atoms with Gasteiger partial charge in [0.2, 0.25) is 0 Å². The van der Waals surface area contributed by atoms with Crippen LogP contribution in [0.15, 0.2) is 41.3 Å². The normalized spacial score (nSPS) is 25.5. The second-order valence-corrected chi connectivity index (χ2v) is 9.07. The molecule has 154 valence electrons. The molecule has 3 aliphatic rings. The molecule has 1 saturated carbocycles. The van der Waals surface area contributed by atoms with Crippen molar-refractivity contribution in [1.29, 1.82) is 0 Å². The van der Waals surface area contributed by atoms with Crippen LogP contribution in [0.2, 0.25) is 0 Å². The number of hydrogen-bond donors (Lipinski definition) is 1. The summed E-state index contributed by atoms with van der Waals surface area (Å²) in [5, 5.41) is 0. The van der Waals surface area contributed by atoms with Crippen LogP contribution in [0.3, 0.4) is 0 Å². The molecule has 29 heavy (non-hydrogen) atoms. The summed E-state index contributed by atoms with van der Waals surface area (Å²) < 4.78 is 1.64. The van der Waals surface area contributed by atoms with Crippen molar-refractivity contribution in [3.05, 3.63) is 52.6 Å². The van der Waals surface area contributed by atoms with Gasteiger partial charge in [-0.15, -0.1) is 0 Å². The Morgan fingerprint density at radius 2 is 1.66 bits per heavy atom. The SMILES string of the molecule is NC1CCN(Cc2ccc(-n3ccc(N4CC5CCCC5C4)nc3=O)cc2)CC1. The van der Waals surface area contributed by atoms with Gasteiger partial charge >= 0.3 is 5.69 Å². The topological polar surface area (TPSA) is 67.4 Å². The molecule has 6 heteroatoms. The van der Waals surface area contributed by atoms with Crippen LogP contribution in [0.4, 0.5) is 5.82 Å². The van der Waals surface area contributed by atoms with Gasteiger partial charge in [-0.1, -0.05) is 18.6 Å². The molecule has 0 radical (unpaired) electrons. The fraction of sp³-hybridized carbons (Fsp3) is 0.565. The van der Waals surface area contributed by atoms with Crippen LogP contribution in [0, 0.1) is 11.8 Å². The summed E-state index contributed by atoms with van der Waals surface area (Å²) in [4.78, 5) is 21.8. The molecule has 1 aromatic carbocycles. The summed E-state index contributed by atoms with van der Waals surface area (Å²) in [6.07, 6.45) is 8.04. The molecule has 2 atom stereocenters. The number of rotatable bonds is 4. The standard InChI is InChI=1S/C23H31N5O/c24-20-8-11-26(12-9-20)14-17-4-6-21(7-5-17)28-13-10-22(25-23(28)29)27-15-18-2-1-3-19(18)16-27/h4-7,10,13,18-20H,1-3,8-9,11-12,14-16,24H2. The van der Waals surface area contributed by atoms with Crippen LogP contribution >= 0.6 is 0 Å². The molecule has 1 aliphatic carbocycles. The third kappa shape index (κ3) is 3.96. The average Bonchev–Trinajstić information content (AvgIpc) is 3.33. The maximum Gasteiger partial charge on any atom is 0.354 e. The molecule has 6 nitrogen and oxygen atoms in total. The van der Waals surface area contributed by atoms with Crippen molar-refractivity contribution in [3.8, 4) is 5.69 Å². The number of hydrogen-bond acceptors (Lipinski definition) is 5. The Bertz CT molecular complexity index is 888. The van der Waals surface area contributed by atoms with Crippen LogP contribution in [-0.2, 0) is 6.54 Å². The highest BCUT2D eigenvalue weighted by Gasteiger charge is 2.36. The number of likely N-dealkylation sites (tertiary alicyclic amines) is 1. The van der Waals surface area contributed by atoms with Gasteiger partial charge in [0, 0.05) is 31.9 Å². The van der Waals surface area contributed by atoms with Crippen LogP contribution in [-0.4, -0.2) is 46.7 Å². The smallest absolute Gasteiger partial charge is 0.354 e. The molecule has 2 saturated heterocycles. The van der Waals surface area contributed by atoms with Gasteiger partial charge in [0.25, 0.3) is 0 Å². The lowest BCUT2D eigenvalue weighted by molar-refractivity contribution is 0.205. The molecule has 2 aromatic rings. The van der Waals surface area contributed by atoms with Crippen LogP contribution in [0.25, 0.3) is 5.69 Å². The zero-order chi connectivity index (χ0) is 19.8. The number of nitrogens with zero attached hydrogens (tertiary/aromatic N) is 4. The maximum atomic E-state index is 12.7. The number of nitrogens with two attached hydrogens (primary N) is 1. The minimum atomic E-state index is -0.197. The first-order valence-corrected chi connectivity index (χ1v) is 11.1. The van der Waals surface area contributed by atoms with Gasteiger partial charge in [-0.05, 0) is 74.4 Å². The third-order valence-electron chi connectivity index (χ3n) is 7.09. The Kier molecular flexibility index (Phi) is 5.14. The zero-order valence-corrected chi connectivity index (χ0v) is 17.0. The lowest BCUT2D eigenvalue weighted by atomic mass is 10.0. The maximum absolute atomic E-state index is 12.7. The summed E-state index contributed by atoms with van der Waals surface area (Å²) in [5.41, 5.74) is 7.94. The first-order valence-electron chi connectivity index (χ1n) is 11.1. The average molecular weight is 394 g/mol. The van der Waals surface area contributed by atoms with Crippen molar-refractivity contribution in [3.63, 3.8) is 0 Å². The van der Waals surface area contributed by atoms with E-state index in [0.29, 0.717) is 6.04 Å². The molecule has 0 spiro atoms. The van der Waals surface area contributed by atoms with Crippen molar-refractivity contribution in [2.45, 2.75) is 44.7 Å². The molecule has 5 rings (SSSR count). The highest BCUT2D eigenvalue weighted by atomic mass is 16.1. The van der Waals surface area contributed by atoms with E-state index >= 15 is 0 Å². The van der Waals surface area contributed by atoms with Crippen LogP contribution in [0.5, 0.6) is 0 Å². The van der Waals surface area contributed by atoms with Gasteiger partial charge in [0.05, 0.1) is 5.69 Å². The van der Waals surface area contributed by atoms with Crippen LogP contribution in [0.1, 0.15) is 37.7 Å². The molecule has 2 N–H and O–H groups in total. The van der Waals surface area contributed by atoms with Crippen molar-refractivity contribution in [2.24, 2.45) is 17.6 Å². The van der Waals surface area contributed by atoms with E-state index < -0.39 is 0 Å². The van der Waals surface area contributed by atoms with Gasteiger partial charge < -0.3 is 10.6 Å². The van der Waals surface area contributed by atoms with E-state index in [2.05, 4.69) is 26.9 Å². The summed E-state index contributed by atoms with van der Waals surface area (Å²) in [5.74, 6) is 2.42. The fourth-order valence-corrected chi connectivity index (χ4v) is 5.32. The zero-order valence-electron chi connectivity index (χ0n) is 17.0. The fourth-order valence-electron chi connectivity index (χ4n) is 5.32. The summed E-state index contributed by atoms with van der Waals surface area (Å²) in [6.45, 7) is 5.17. The molecular weight excluding hydrogens is 362 g/mol. The first-order chi connectivity index (χ1) is 14.2. The van der Waals surface area contributed by atoms with E-state index in [1.165, 1.54) is 24.8 Å². The van der Waals surface area contributed by atoms with Gasteiger partial charge in [-0.3, -0.25) is 9.47 Å². The van der Waals surface area contributed by atoms with E-state index in [4.69, 9.17) is 5.73 Å². The van der Waals surface area contributed by atoms with E-state index in [9.17, 15) is 4.79 Å². The predicted octanol–water partition coefficient (Wildman–Crippen LogP) is 2.39. The molecule has 3 heterocycles. The van der Waals surface area contributed by atoms with E-state index in [0.717, 1.165) is 68.9 Å². The molecule has 3 fully saturated rings. The lowest BCUT2D eigenvalue weighted by Crippen LogP contribution is -2.39. The molecule has 0 amide bonds. The van der Waals surface area contributed by atoms with Gasteiger partial charge in [0.1, 0.15) is 5.82 Å². The van der Waals surface area contributed by atoms with Crippen molar-refractivity contribution in [2.75, 3.05) is 31.1 Å². The Morgan fingerprint density at radius 3 is 2.31 bits per heavy atom. The summed E-state index contributed by atoms with van der Waals surface area (Å²) >= 11 is 0. The Balaban J connectivity index is 1.26. The number of anilines is 1. The Labute approximate surface area is 172 Å². The monoisotopic (exact) mass is 393 g/mol. The highest BCUT2D eigenvalue weighted by Crippen LogP contribution is 2.38. The van der Waals surface area contributed by atoms with Crippen LogP contribution < -0.4 is 16.3 Å². The molecule has 1 aromatic heterocycles. The van der Waals surface area contributed by atoms with Gasteiger partial charge in [0.15, 0.2) is 0 Å². The van der Waals surface area contributed by atoms with Crippen molar-refractivity contribution in [1.82, 2.24) is 14.5 Å². The lowest BCUT2D eigenvalue weighted by Gasteiger charge is -2.30. The summed E-state index contributed by atoms with van der Waals surface area (Å²) in [6, 6.07) is 10.6.